The Hall–Kier alpha value is -2.01. The molecule has 0 unspecified atom stereocenters. The first-order valence-electron chi connectivity index (χ1n) is 6.30. The highest BCUT2D eigenvalue weighted by atomic mass is 32.1. The number of aromatic nitrogens is 2. The molecule has 1 N–H and O–H groups in total. The first-order chi connectivity index (χ1) is 9.56. The number of thiophene rings is 1. The lowest BCUT2D eigenvalue weighted by molar-refractivity contribution is 0.628. The Morgan fingerprint density at radius 1 is 1.15 bits per heavy atom. The zero-order valence-electron chi connectivity index (χ0n) is 11.5. The smallest absolute Gasteiger partial charge is 0.142 e. The first-order valence-corrected chi connectivity index (χ1v) is 7.12. The van der Waals surface area contributed by atoms with Crippen LogP contribution in [0.25, 0.3) is 10.2 Å². The SMILES string of the molecule is Cc1ccc(F)cc1Nc1ncnc2sc(C)c(C)c12. The molecule has 0 amide bonds. The second-order valence-electron chi connectivity index (χ2n) is 4.77. The molecule has 20 heavy (non-hydrogen) atoms. The number of fused-ring (bicyclic) bond motifs is 1. The minimum absolute atomic E-state index is 0.262. The van der Waals surface area contributed by atoms with Crippen molar-refractivity contribution in [1.82, 2.24) is 9.97 Å². The topological polar surface area (TPSA) is 37.8 Å². The van der Waals surface area contributed by atoms with Crippen molar-refractivity contribution in [3.8, 4) is 0 Å². The number of nitrogens with one attached hydrogen (secondary N) is 1. The highest BCUT2D eigenvalue weighted by Gasteiger charge is 2.12. The van der Waals surface area contributed by atoms with Crippen LogP contribution in [0.5, 0.6) is 0 Å². The number of halogens is 1. The summed E-state index contributed by atoms with van der Waals surface area (Å²) in [6.45, 7) is 6.06. The van der Waals surface area contributed by atoms with Gasteiger partial charge in [-0.3, -0.25) is 0 Å². The number of anilines is 2. The highest BCUT2D eigenvalue weighted by Crippen LogP contribution is 2.34. The molecule has 0 bridgehead atoms. The zero-order valence-corrected chi connectivity index (χ0v) is 12.3. The monoisotopic (exact) mass is 287 g/mol. The molecule has 0 saturated carbocycles. The summed E-state index contributed by atoms with van der Waals surface area (Å²) in [6, 6.07) is 4.69. The van der Waals surface area contributed by atoms with Crippen LogP contribution in [0.15, 0.2) is 24.5 Å². The summed E-state index contributed by atoms with van der Waals surface area (Å²) >= 11 is 1.65. The van der Waals surface area contributed by atoms with Crippen molar-refractivity contribution in [1.29, 1.82) is 0 Å². The second kappa shape index (κ2) is 4.83. The molecule has 3 rings (SSSR count). The molecule has 0 spiro atoms. The van der Waals surface area contributed by atoms with Gasteiger partial charge in [-0.25, -0.2) is 14.4 Å². The maximum Gasteiger partial charge on any atom is 0.142 e. The van der Waals surface area contributed by atoms with E-state index < -0.39 is 0 Å². The normalized spacial score (nSPS) is 11.0. The van der Waals surface area contributed by atoms with Gasteiger partial charge in [-0.1, -0.05) is 6.07 Å². The lowest BCUT2D eigenvalue weighted by Gasteiger charge is -2.10. The van der Waals surface area contributed by atoms with Gasteiger partial charge in [-0.15, -0.1) is 11.3 Å². The van der Waals surface area contributed by atoms with E-state index in [9.17, 15) is 4.39 Å². The van der Waals surface area contributed by atoms with Gasteiger partial charge in [0, 0.05) is 10.6 Å². The molecule has 5 heteroatoms. The van der Waals surface area contributed by atoms with E-state index in [4.69, 9.17) is 0 Å². The minimum atomic E-state index is -0.262. The molecular weight excluding hydrogens is 273 g/mol. The number of hydrogen-bond acceptors (Lipinski definition) is 4. The van der Waals surface area contributed by atoms with E-state index in [2.05, 4.69) is 29.1 Å². The fourth-order valence-electron chi connectivity index (χ4n) is 2.13. The molecule has 0 atom stereocenters. The summed E-state index contributed by atoms with van der Waals surface area (Å²) in [5, 5.41) is 4.24. The molecule has 0 aliphatic heterocycles. The van der Waals surface area contributed by atoms with Gasteiger partial charge in [0.1, 0.15) is 22.8 Å². The zero-order chi connectivity index (χ0) is 14.3. The third kappa shape index (κ3) is 2.14. The van der Waals surface area contributed by atoms with E-state index in [1.54, 1.807) is 17.4 Å². The van der Waals surface area contributed by atoms with Gasteiger partial charge >= 0.3 is 0 Å². The summed E-state index contributed by atoms with van der Waals surface area (Å²) < 4.78 is 13.4. The lowest BCUT2D eigenvalue weighted by Crippen LogP contribution is -1.98. The van der Waals surface area contributed by atoms with E-state index in [-0.39, 0.29) is 5.82 Å². The molecule has 2 aromatic heterocycles. The van der Waals surface area contributed by atoms with Crippen LogP contribution in [0.4, 0.5) is 15.9 Å². The van der Waals surface area contributed by atoms with Crippen LogP contribution in [0.2, 0.25) is 0 Å². The fourth-order valence-corrected chi connectivity index (χ4v) is 3.13. The number of benzene rings is 1. The third-order valence-electron chi connectivity index (χ3n) is 3.42. The molecule has 102 valence electrons. The Labute approximate surface area is 120 Å². The van der Waals surface area contributed by atoms with Crippen molar-refractivity contribution in [3.63, 3.8) is 0 Å². The van der Waals surface area contributed by atoms with E-state index in [1.165, 1.54) is 28.9 Å². The summed E-state index contributed by atoms with van der Waals surface area (Å²) in [7, 11) is 0. The molecule has 0 fully saturated rings. The molecule has 3 aromatic rings. The van der Waals surface area contributed by atoms with Crippen LogP contribution in [-0.4, -0.2) is 9.97 Å². The summed E-state index contributed by atoms with van der Waals surface area (Å²) in [5.74, 6) is 0.465. The quantitative estimate of drug-likeness (QED) is 0.754. The van der Waals surface area contributed by atoms with Gasteiger partial charge in [0.2, 0.25) is 0 Å². The molecule has 0 aliphatic carbocycles. The highest BCUT2D eigenvalue weighted by molar-refractivity contribution is 7.18. The van der Waals surface area contributed by atoms with Crippen molar-refractivity contribution in [2.45, 2.75) is 20.8 Å². The van der Waals surface area contributed by atoms with Crippen molar-refractivity contribution in [2.24, 2.45) is 0 Å². The van der Waals surface area contributed by atoms with E-state index in [0.717, 1.165) is 27.3 Å². The summed E-state index contributed by atoms with van der Waals surface area (Å²) in [4.78, 5) is 10.8. The fraction of sp³-hybridized carbons (Fsp3) is 0.200. The predicted molar refractivity (Wildman–Crippen MR) is 81.3 cm³/mol. The third-order valence-corrected chi connectivity index (χ3v) is 4.53. The van der Waals surface area contributed by atoms with Crippen LogP contribution >= 0.6 is 11.3 Å². The number of nitrogens with zero attached hydrogens (tertiary/aromatic N) is 2. The maximum absolute atomic E-state index is 13.4. The van der Waals surface area contributed by atoms with Crippen molar-refractivity contribution < 1.29 is 4.39 Å². The molecule has 3 nitrogen and oxygen atoms in total. The Morgan fingerprint density at radius 3 is 2.75 bits per heavy atom. The molecule has 0 radical (unpaired) electrons. The number of aryl methyl sites for hydroxylation is 3. The Morgan fingerprint density at radius 2 is 1.95 bits per heavy atom. The Kier molecular flexibility index (Phi) is 3.14. The number of hydrogen-bond donors (Lipinski definition) is 1. The Balaban J connectivity index is 2.13. The van der Waals surface area contributed by atoms with E-state index in [1.807, 2.05) is 6.92 Å². The second-order valence-corrected chi connectivity index (χ2v) is 5.97. The van der Waals surface area contributed by atoms with Gasteiger partial charge in [0.05, 0.1) is 5.39 Å². The van der Waals surface area contributed by atoms with E-state index in [0.29, 0.717) is 0 Å². The molecule has 2 heterocycles. The van der Waals surface area contributed by atoms with Crippen LogP contribution < -0.4 is 5.32 Å². The van der Waals surface area contributed by atoms with Gasteiger partial charge in [0.25, 0.3) is 0 Å². The largest absolute Gasteiger partial charge is 0.339 e. The van der Waals surface area contributed by atoms with Gasteiger partial charge in [-0.2, -0.15) is 0 Å². The predicted octanol–water partition coefficient (Wildman–Crippen LogP) is 4.50. The van der Waals surface area contributed by atoms with Crippen LogP contribution in [-0.2, 0) is 0 Å². The van der Waals surface area contributed by atoms with Gasteiger partial charge in [0.15, 0.2) is 0 Å². The molecule has 0 saturated heterocycles. The van der Waals surface area contributed by atoms with Crippen molar-refractivity contribution >= 4 is 33.1 Å². The number of rotatable bonds is 2. The van der Waals surface area contributed by atoms with E-state index >= 15 is 0 Å². The van der Waals surface area contributed by atoms with Crippen LogP contribution in [0.3, 0.4) is 0 Å². The average molecular weight is 287 g/mol. The van der Waals surface area contributed by atoms with Gasteiger partial charge < -0.3 is 5.32 Å². The summed E-state index contributed by atoms with van der Waals surface area (Å²) in [6.07, 6.45) is 1.54. The standard InChI is InChI=1S/C15H14FN3S/c1-8-4-5-11(16)6-12(8)19-14-13-9(2)10(3)20-15(13)18-7-17-14/h4-7H,1-3H3,(H,17,18,19). The molecule has 1 aromatic carbocycles. The van der Waals surface area contributed by atoms with Crippen LogP contribution in [0, 0.1) is 26.6 Å². The van der Waals surface area contributed by atoms with Crippen molar-refractivity contribution in [2.75, 3.05) is 5.32 Å². The van der Waals surface area contributed by atoms with Crippen molar-refractivity contribution in [3.05, 3.63) is 46.3 Å². The maximum atomic E-state index is 13.4. The van der Waals surface area contributed by atoms with Gasteiger partial charge in [-0.05, 0) is 44.0 Å². The molecule has 0 aliphatic rings. The van der Waals surface area contributed by atoms with Crippen LogP contribution in [0.1, 0.15) is 16.0 Å². The lowest BCUT2D eigenvalue weighted by atomic mass is 10.1. The molecular formula is C15H14FN3S. The first kappa shape index (κ1) is 13.0. The summed E-state index contributed by atoms with van der Waals surface area (Å²) in [5.41, 5.74) is 2.87. The Bertz CT molecular complexity index is 795. The minimum Gasteiger partial charge on any atom is -0.339 e. The average Bonchev–Trinajstić information content (AvgIpc) is 2.71.